The average Bonchev–Trinajstić information content (AvgIpc) is 2.49. The molecule has 0 spiro atoms. The Morgan fingerprint density at radius 2 is 2.15 bits per heavy atom. The van der Waals surface area contributed by atoms with Crippen molar-refractivity contribution in [1.82, 2.24) is 4.90 Å². The van der Waals surface area contributed by atoms with Crippen molar-refractivity contribution >= 4 is 0 Å². The molecule has 1 saturated carbocycles. The second-order valence-corrected chi connectivity index (χ2v) is 4.47. The predicted octanol–water partition coefficient (Wildman–Crippen LogP) is 1.02. The Balaban J connectivity index is 1.92. The van der Waals surface area contributed by atoms with Crippen LogP contribution >= 0.6 is 0 Å². The minimum atomic E-state index is -0.214. The zero-order valence-corrected chi connectivity index (χ0v) is 8.08. The van der Waals surface area contributed by atoms with Crippen molar-refractivity contribution in [3.63, 3.8) is 0 Å². The van der Waals surface area contributed by atoms with Crippen LogP contribution in [0, 0.1) is 11.8 Å². The molecular formula is C10H19FN2. The maximum absolute atomic E-state index is 12.1. The summed E-state index contributed by atoms with van der Waals surface area (Å²) in [5.74, 6) is 1.41. The molecule has 1 heterocycles. The third-order valence-electron chi connectivity index (χ3n) is 3.63. The molecule has 0 aromatic heterocycles. The van der Waals surface area contributed by atoms with Gasteiger partial charge < -0.3 is 10.6 Å². The van der Waals surface area contributed by atoms with E-state index in [1.165, 1.54) is 19.3 Å². The van der Waals surface area contributed by atoms with Gasteiger partial charge in [-0.2, -0.15) is 0 Å². The molecule has 3 unspecified atom stereocenters. The molecule has 2 fully saturated rings. The summed E-state index contributed by atoms with van der Waals surface area (Å²) in [6.07, 6.45) is 3.75. The van der Waals surface area contributed by atoms with E-state index in [4.69, 9.17) is 5.73 Å². The molecule has 3 heteroatoms. The predicted molar refractivity (Wildman–Crippen MR) is 51.2 cm³/mol. The van der Waals surface area contributed by atoms with E-state index in [0.29, 0.717) is 18.5 Å². The molecule has 0 aromatic carbocycles. The molecule has 0 aromatic rings. The fraction of sp³-hybridized carbons (Fsp3) is 1.00. The van der Waals surface area contributed by atoms with Gasteiger partial charge in [0.05, 0.1) is 0 Å². The number of hydrogen-bond acceptors (Lipinski definition) is 2. The van der Waals surface area contributed by atoms with Gasteiger partial charge in [0.1, 0.15) is 6.67 Å². The summed E-state index contributed by atoms with van der Waals surface area (Å²) in [5, 5.41) is 0. The van der Waals surface area contributed by atoms with Crippen LogP contribution in [0.4, 0.5) is 4.39 Å². The van der Waals surface area contributed by atoms with Crippen LogP contribution in [-0.2, 0) is 0 Å². The Morgan fingerprint density at radius 1 is 1.31 bits per heavy atom. The first-order valence-corrected chi connectivity index (χ1v) is 5.35. The number of fused-ring (bicyclic) bond motifs is 1. The van der Waals surface area contributed by atoms with E-state index < -0.39 is 0 Å². The highest BCUT2D eigenvalue weighted by Crippen LogP contribution is 2.35. The Hall–Kier alpha value is -0.150. The van der Waals surface area contributed by atoms with Gasteiger partial charge in [-0.15, -0.1) is 0 Å². The number of nitrogens with zero attached hydrogens (tertiary/aromatic N) is 1. The van der Waals surface area contributed by atoms with Crippen LogP contribution in [0.3, 0.4) is 0 Å². The topological polar surface area (TPSA) is 29.3 Å². The lowest BCUT2D eigenvalue weighted by Crippen LogP contribution is -2.38. The minimum Gasteiger partial charge on any atom is -0.327 e. The standard InChI is InChI=1S/C10H19FN2/c11-4-5-13-6-8-2-1-3-10(12)9(8)7-13/h8-10H,1-7,12H2. The van der Waals surface area contributed by atoms with E-state index in [2.05, 4.69) is 4.90 Å². The SMILES string of the molecule is NC1CCCC2CN(CCF)CC12. The van der Waals surface area contributed by atoms with E-state index >= 15 is 0 Å². The van der Waals surface area contributed by atoms with Crippen LogP contribution < -0.4 is 5.73 Å². The molecule has 76 valence electrons. The van der Waals surface area contributed by atoms with Gasteiger partial charge in [-0.05, 0) is 24.7 Å². The molecule has 1 aliphatic carbocycles. The molecule has 2 rings (SSSR count). The Bertz CT molecular complexity index is 174. The van der Waals surface area contributed by atoms with Gasteiger partial charge >= 0.3 is 0 Å². The normalized spacial score (nSPS) is 40.6. The first-order valence-electron chi connectivity index (χ1n) is 5.35. The van der Waals surface area contributed by atoms with Crippen molar-refractivity contribution in [2.24, 2.45) is 17.6 Å². The average molecular weight is 186 g/mol. The molecule has 0 radical (unpaired) electrons. The zero-order chi connectivity index (χ0) is 9.26. The van der Waals surface area contributed by atoms with E-state index in [9.17, 15) is 4.39 Å². The highest BCUT2D eigenvalue weighted by atomic mass is 19.1. The lowest BCUT2D eigenvalue weighted by molar-refractivity contribution is 0.258. The Morgan fingerprint density at radius 3 is 2.85 bits per heavy atom. The summed E-state index contributed by atoms with van der Waals surface area (Å²) in [5.41, 5.74) is 6.06. The Kier molecular flexibility index (Phi) is 2.84. The van der Waals surface area contributed by atoms with Gasteiger partial charge in [0, 0.05) is 25.7 Å². The molecule has 0 bridgehead atoms. The van der Waals surface area contributed by atoms with Crippen LogP contribution in [-0.4, -0.2) is 37.3 Å². The zero-order valence-electron chi connectivity index (χ0n) is 8.08. The molecule has 2 nitrogen and oxygen atoms in total. The molecular weight excluding hydrogens is 167 g/mol. The largest absolute Gasteiger partial charge is 0.327 e. The van der Waals surface area contributed by atoms with Gasteiger partial charge in [0.15, 0.2) is 0 Å². The van der Waals surface area contributed by atoms with E-state index in [-0.39, 0.29) is 6.67 Å². The van der Waals surface area contributed by atoms with E-state index in [1.807, 2.05) is 0 Å². The smallest absolute Gasteiger partial charge is 0.102 e. The number of alkyl halides is 1. The van der Waals surface area contributed by atoms with Crippen molar-refractivity contribution in [3.8, 4) is 0 Å². The summed E-state index contributed by atoms with van der Waals surface area (Å²) in [6, 6.07) is 0.378. The number of hydrogen-bond donors (Lipinski definition) is 1. The van der Waals surface area contributed by atoms with Crippen LogP contribution in [0.15, 0.2) is 0 Å². The van der Waals surface area contributed by atoms with Crippen molar-refractivity contribution in [2.75, 3.05) is 26.3 Å². The number of rotatable bonds is 2. The first-order chi connectivity index (χ1) is 6.31. The highest BCUT2D eigenvalue weighted by Gasteiger charge is 2.38. The molecule has 0 amide bonds. The third kappa shape index (κ3) is 1.86. The fourth-order valence-corrected chi connectivity index (χ4v) is 2.91. The van der Waals surface area contributed by atoms with Crippen LogP contribution in [0.2, 0.25) is 0 Å². The first kappa shape index (κ1) is 9.41. The second kappa shape index (κ2) is 3.93. The molecule has 13 heavy (non-hydrogen) atoms. The van der Waals surface area contributed by atoms with Gasteiger partial charge in [-0.25, -0.2) is 4.39 Å². The maximum Gasteiger partial charge on any atom is 0.102 e. The van der Waals surface area contributed by atoms with Crippen molar-refractivity contribution in [1.29, 1.82) is 0 Å². The van der Waals surface area contributed by atoms with Gasteiger partial charge in [-0.1, -0.05) is 6.42 Å². The summed E-state index contributed by atoms with van der Waals surface area (Å²) in [6.45, 7) is 2.52. The minimum absolute atomic E-state index is 0.214. The summed E-state index contributed by atoms with van der Waals surface area (Å²) in [4.78, 5) is 2.24. The van der Waals surface area contributed by atoms with Gasteiger partial charge in [0.2, 0.25) is 0 Å². The van der Waals surface area contributed by atoms with Crippen molar-refractivity contribution < 1.29 is 4.39 Å². The van der Waals surface area contributed by atoms with Gasteiger partial charge in [0.25, 0.3) is 0 Å². The molecule has 1 aliphatic heterocycles. The number of likely N-dealkylation sites (tertiary alicyclic amines) is 1. The Labute approximate surface area is 79.3 Å². The van der Waals surface area contributed by atoms with Crippen molar-refractivity contribution in [3.05, 3.63) is 0 Å². The summed E-state index contributed by atoms with van der Waals surface area (Å²) < 4.78 is 12.1. The summed E-state index contributed by atoms with van der Waals surface area (Å²) >= 11 is 0. The lowest BCUT2D eigenvalue weighted by Gasteiger charge is -2.29. The fourth-order valence-electron chi connectivity index (χ4n) is 2.91. The molecule has 1 saturated heterocycles. The van der Waals surface area contributed by atoms with Crippen molar-refractivity contribution in [2.45, 2.75) is 25.3 Å². The second-order valence-electron chi connectivity index (χ2n) is 4.47. The quantitative estimate of drug-likeness (QED) is 0.697. The summed E-state index contributed by atoms with van der Waals surface area (Å²) in [7, 11) is 0. The molecule has 2 N–H and O–H groups in total. The van der Waals surface area contributed by atoms with E-state index in [0.717, 1.165) is 19.0 Å². The maximum atomic E-state index is 12.1. The molecule has 3 atom stereocenters. The third-order valence-corrected chi connectivity index (χ3v) is 3.63. The van der Waals surface area contributed by atoms with Crippen LogP contribution in [0.5, 0.6) is 0 Å². The number of halogens is 1. The van der Waals surface area contributed by atoms with Crippen LogP contribution in [0.1, 0.15) is 19.3 Å². The van der Waals surface area contributed by atoms with E-state index in [1.54, 1.807) is 0 Å². The number of nitrogens with two attached hydrogens (primary N) is 1. The highest BCUT2D eigenvalue weighted by molar-refractivity contribution is 4.92. The molecule has 2 aliphatic rings. The monoisotopic (exact) mass is 186 g/mol. The lowest BCUT2D eigenvalue weighted by atomic mass is 9.78. The van der Waals surface area contributed by atoms with Gasteiger partial charge in [-0.3, -0.25) is 0 Å². The van der Waals surface area contributed by atoms with Crippen LogP contribution in [0.25, 0.3) is 0 Å².